The van der Waals surface area contributed by atoms with Gasteiger partial charge in [0.05, 0.1) is 39.9 Å². The third-order valence-corrected chi connectivity index (χ3v) is 6.05. The van der Waals surface area contributed by atoms with Crippen molar-refractivity contribution in [2.45, 2.75) is 26.3 Å². The van der Waals surface area contributed by atoms with Crippen LogP contribution in [0.25, 0.3) is 0 Å². The smallest absolute Gasteiger partial charge is 0.232 e. The highest BCUT2D eigenvalue weighted by atomic mass is 35.5. The van der Waals surface area contributed by atoms with Crippen molar-refractivity contribution in [3.63, 3.8) is 0 Å². The first-order chi connectivity index (χ1) is 16.5. The van der Waals surface area contributed by atoms with E-state index >= 15 is 0 Å². The SMILES string of the molecule is CCOc1cc2c(cc1OCC)[C@H](c1ccc(OC)c(OC)c1)N(c1ccc(Cl)cc1)C(=O)C2. The highest BCUT2D eigenvalue weighted by molar-refractivity contribution is 6.30. The summed E-state index contributed by atoms with van der Waals surface area (Å²) in [5, 5.41) is 0.608. The van der Waals surface area contributed by atoms with E-state index in [1.54, 1.807) is 31.3 Å². The topological polar surface area (TPSA) is 57.2 Å². The number of methoxy groups -OCH3 is 2. The van der Waals surface area contributed by atoms with Crippen LogP contribution in [0.5, 0.6) is 23.0 Å². The quantitative estimate of drug-likeness (QED) is 0.405. The average molecular weight is 482 g/mol. The molecule has 3 aromatic carbocycles. The lowest BCUT2D eigenvalue weighted by atomic mass is 9.86. The Bertz CT molecular complexity index is 1180. The number of hydrogen-bond donors (Lipinski definition) is 0. The minimum absolute atomic E-state index is 0.0267. The molecule has 7 heteroatoms. The van der Waals surface area contributed by atoms with E-state index in [9.17, 15) is 4.79 Å². The summed E-state index contributed by atoms with van der Waals surface area (Å²) in [4.78, 5) is 15.4. The Hall–Kier alpha value is -3.38. The molecule has 0 aromatic heterocycles. The Morgan fingerprint density at radius 2 is 1.50 bits per heavy atom. The van der Waals surface area contributed by atoms with E-state index in [1.807, 2.05) is 56.3 Å². The van der Waals surface area contributed by atoms with Crippen LogP contribution in [0.3, 0.4) is 0 Å². The van der Waals surface area contributed by atoms with Gasteiger partial charge in [-0.15, -0.1) is 0 Å². The van der Waals surface area contributed by atoms with Crippen molar-refractivity contribution in [3.05, 3.63) is 76.3 Å². The standard InChI is InChI=1S/C27H28ClNO5/c1-5-33-24-14-18-15-26(30)29(20-10-8-19(28)9-11-20)27(21(18)16-25(24)34-6-2)17-7-12-22(31-3)23(13-17)32-4/h7-14,16,27H,5-6,15H2,1-4H3/t27-/m0/s1. The second-order valence-corrected chi connectivity index (χ2v) is 8.23. The minimum atomic E-state index is -0.410. The van der Waals surface area contributed by atoms with Gasteiger partial charge in [-0.25, -0.2) is 0 Å². The lowest BCUT2D eigenvalue weighted by Gasteiger charge is -2.38. The number of fused-ring (bicyclic) bond motifs is 1. The third-order valence-electron chi connectivity index (χ3n) is 5.80. The molecule has 0 aliphatic carbocycles. The zero-order chi connectivity index (χ0) is 24.2. The molecule has 4 rings (SSSR count). The minimum Gasteiger partial charge on any atom is -0.493 e. The van der Waals surface area contributed by atoms with Crippen molar-refractivity contribution in [1.29, 1.82) is 0 Å². The predicted octanol–water partition coefficient (Wildman–Crippen LogP) is 5.83. The predicted molar refractivity (Wildman–Crippen MR) is 133 cm³/mol. The van der Waals surface area contributed by atoms with Crippen molar-refractivity contribution >= 4 is 23.2 Å². The summed E-state index contributed by atoms with van der Waals surface area (Å²) in [5.41, 5.74) is 3.51. The van der Waals surface area contributed by atoms with Gasteiger partial charge in [0.1, 0.15) is 0 Å². The lowest BCUT2D eigenvalue weighted by molar-refractivity contribution is -0.118. The third kappa shape index (κ3) is 4.50. The molecule has 3 aromatic rings. The van der Waals surface area contributed by atoms with Crippen LogP contribution < -0.4 is 23.8 Å². The average Bonchev–Trinajstić information content (AvgIpc) is 2.84. The lowest BCUT2D eigenvalue weighted by Crippen LogP contribution is -2.41. The molecule has 0 saturated carbocycles. The molecule has 34 heavy (non-hydrogen) atoms. The molecule has 0 bridgehead atoms. The van der Waals surface area contributed by atoms with E-state index in [4.69, 9.17) is 30.5 Å². The van der Waals surface area contributed by atoms with Crippen LogP contribution in [0.1, 0.15) is 36.6 Å². The van der Waals surface area contributed by atoms with Crippen LogP contribution in [0.4, 0.5) is 5.69 Å². The van der Waals surface area contributed by atoms with Crippen LogP contribution in [0.15, 0.2) is 54.6 Å². The number of benzene rings is 3. The van der Waals surface area contributed by atoms with Crippen LogP contribution >= 0.6 is 11.6 Å². The van der Waals surface area contributed by atoms with Crippen molar-refractivity contribution in [3.8, 4) is 23.0 Å². The maximum absolute atomic E-state index is 13.5. The van der Waals surface area contributed by atoms with E-state index in [2.05, 4.69) is 0 Å². The highest BCUT2D eigenvalue weighted by Gasteiger charge is 2.36. The number of rotatable bonds is 8. The second kappa shape index (κ2) is 10.3. The van der Waals surface area contributed by atoms with E-state index in [0.717, 1.165) is 22.4 Å². The first-order valence-electron chi connectivity index (χ1n) is 11.2. The highest BCUT2D eigenvalue weighted by Crippen LogP contribution is 2.45. The zero-order valence-electron chi connectivity index (χ0n) is 19.8. The summed E-state index contributed by atoms with van der Waals surface area (Å²) in [6, 6.07) is 16.5. The fourth-order valence-electron chi connectivity index (χ4n) is 4.34. The van der Waals surface area contributed by atoms with Crippen LogP contribution in [-0.2, 0) is 11.2 Å². The molecule has 1 aliphatic rings. The van der Waals surface area contributed by atoms with E-state index in [1.165, 1.54) is 0 Å². The monoisotopic (exact) mass is 481 g/mol. The normalized spacial score (nSPS) is 15.0. The van der Waals surface area contributed by atoms with Gasteiger partial charge in [0.15, 0.2) is 23.0 Å². The Morgan fingerprint density at radius 3 is 2.12 bits per heavy atom. The molecule has 0 N–H and O–H groups in total. The number of carbonyl (C=O) groups excluding carboxylic acids is 1. The van der Waals surface area contributed by atoms with Crippen LogP contribution in [0, 0.1) is 0 Å². The first kappa shape index (κ1) is 23.8. The van der Waals surface area contributed by atoms with Gasteiger partial charge in [-0.05, 0) is 79.1 Å². The molecule has 1 aliphatic heterocycles. The Labute approximate surface area is 205 Å². The fourth-order valence-corrected chi connectivity index (χ4v) is 4.47. The Balaban J connectivity index is 1.94. The molecule has 0 fully saturated rings. The Morgan fingerprint density at radius 1 is 0.853 bits per heavy atom. The van der Waals surface area contributed by atoms with Gasteiger partial charge in [0, 0.05) is 10.7 Å². The molecule has 0 unspecified atom stereocenters. The van der Waals surface area contributed by atoms with Gasteiger partial charge in [-0.1, -0.05) is 17.7 Å². The van der Waals surface area contributed by atoms with E-state index < -0.39 is 6.04 Å². The largest absolute Gasteiger partial charge is 0.493 e. The number of anilines is 1. The summed E-state index contributed by atoms with van der Waals surface area (Å²) in [5.74, 6) is 2.47. The molecule has 1 amide bonds. The van der Waals surface area contributed by atoms with Crippen molar-refractivity contribution in [2.75, 3.05) is 32.3 Å². The molecule has 0 spiro atoms. The maximum atomic E-state index is 13.5. The van der Waals surface area contributed by atoms with Gasteiger partial charge >= 0.3 is 0 Å². The summed E-state index contributed by atoms with van der Waals surface area (Å²) in [6.07, 6.45) is 0.244. The fraction of sp³-hybridized carbons (Fsp3) is 0.296. The van der Waals surface area contributed by atoms with Crippen molar-refractivity contribution < 1.29 is 23.7 Å². The summed E-state index contributed by atoms with van der Waals surface area (Å²) in [6.45, 7) is 4.86. The molecule has 0 saturated heterocycles. The number of ether oxygens (including phenoxy) is 4. The molecule has 1 heterocycles. The summed E-state index contributed by atoms with van der Waals surface area (Å²) < 4.78 is 22.7. The number of halogens is 1. The molecule has 178 valence electrons. The zero-order valence-corrected chi connectivity index (χ0v) is 20.5. The number of nitrogens with zero attached hydrogens (tertiary/aromatic N) is 1. The Kier molecular flexibility index (Phi) is 7.17. The van der Waals surface area contributed by atoms with Crippen LogP contribution in [-0.4, -0.2) is 33.3 Å². The first-order valence-corrected chi connectivity index (χ1v) is 11.6. The summed E-state index contributed by atoms with van der Waals surface area (Å²) in [7, 11) is 3.20. The van der Waals surface area contributed by atoms with E-state index in [-0.39, 0.29) is 12.3 Å². The van der Waals surface area contributed by atoms with E-state index in [0.29, 0.717) is 41.2 Å². The number of carbonyl (C=O) groups is 1. The van der Waals surface area contributed by atoms with Crippen molar-refractivity contribution in [2.24, 2.45) is 0 Å². The molecule has 1 atom stereocenters. The van der Waals surface area contributed by atoms with Gasteiger partial charge in [-0.3, -0.25) is 4.79 Å². The second-order valence-electron chi connectivity index (χ2n) is 7.80. The number of hydrogen-bond acceptors (Lipinski definition) is 5. The molecular weight excluding hydrogens is 454 g/mol. The number of amides is 1. The molecular formula is C27H28ClNO5. The molecule has 0 radical (unpaired) electrons. The van der Waals surface area contributed by atoms with Crippen molar-refractivity contribution in [1.82, 2.24) is 0 Å². The molecule has 6 nitrogen and oxygen atoms in total. The van der Waals surface area contributed by atoms with Gasteiger partial charge in [0.2, 0.25) is 5.91 Å². The van der Waals surface area contributed by atoms with Gasteiger partial charge in [0.25, 0.3) is 0 Å². The van der Waals surface area contributed by atoms with Gasteiger partial charge in [-0.2, -0.15) is 0 Å². The summed E-state index contributed by atoms with van der Waals surface area (Å²) >= 11 is 6.13. The van der Waals surface area contributed by atoms with Crippen LogP contribution in [0.2, 0.25) is 5.02 Å². The maximum Gasteiger partial charge on any atom is 0.232 e. The van der Waals surface area contributed by atoms with Gasteiger partial charge < -0.3 is 23.8 Å².